The first-order chi connectivity index (χ1) is 15.9. The number of nitrogens with zero attached hydrogens (tertiary/aromatic N) is 4. The normalized spacial score (nSPS) is 14.9. The van der Waals surface area contributed by atoms with Crippen molar-refractivity contribution in [1.29, 1.82) is 0 Å². The van der Waals surface area contributed by atoms with E-state index in [1.165, 1.54) is 24.6 Å². The lowest BCUT2D eigenvalue weighted by Crippen LogP contribution is -2.36. The number of ether oxygens (including phenoxy) is 1. The topological polar surface area (TPSA) is 118 Å². The molecule has 0 atom stereocenters. The molecule has 176 valence electrons. The number of hydrogen-bond donors (Lipinski definition) is 2. The molecule has 3 aromatic rings. The summed E-state index contributed by atoms with van der Waals surface area (Å²) in [4.78, 5) is 53.3. The minimum Gasteiger partial charge on any atom is -0.481 e. The summed E-state index contributed by atoms with van der Waals surface area (Å²) >= 11 is 1.53. The first-order valence-electron chi connectivity index (χ1n) is 10.8. The van der Waals surface area contributed by atoms with Crippen LogP contribution in [-0.2, 0) is 6.42 Å². The fourth-order valence-corrected chi connectivity index (χ4v) is 5.65. The Bertz CT molecular complexity index is 1200. The van der Waals surface area contributed by atoms with Crippen LogP contribution in [0.15, 0.2) is 29.2 Å². The van der Waals surface area contributed by atoms with Gasteiger partial charge in [-0.3, -0.25) is 9.59 Å². The fourth-order valence-electron chi connectivity index (χ4n) is 4.17. The van der Waals surface area contributed by atoms with E-state index in [9.17, 15) is 19.4 Å². The van der Waals surface area contributed by atoms with Gasteiger partial charge in [-0.2, -0.15) is 14.8 Å². The Labute approximate surface area is 196 Å². The van der Waals surface area contributed by atoms with Gasteiger partial charge in [0.05, 0.1) is 25.1 Å². The highest BCUT2D eigenvalue weighted by atomic mass is 32.1. The molecule has 0 aliphatic carbocycles. The quantitative estimate of drug-likeness (QED) is 0.486. The van der Waals surface area contributed by atoms with Gasteiger partial charge in [-0.1, -0.05) is 0 Å². The number of aryl methyl sites for hydroxylation is 1. The van der Waals surface area contributed by atoms with Crippen LogP contribution in [-0.4, -0.2) is 56.8 Å². The summed E-state index contributed by atoms with van der Waals surface area (Å²) in [5.74, 6) is 0.894. The SMILES string of the molecule is COc1cc2cnn(C(=O)Cc3ccc(C)s3)c(=O)c2c(N2CCC(CCP(O)O)CC2)n1. The minimum absolute atomic E-state index is 0.111. The van der Waals surface area contributed by atoms with Crippen molar-refractivity contribution in [2.75, 3.05) is 31.3 Å². The van der Waals surface area contributed by atoms with E-state index in [-0.39, 0.29) is 12.3 Å². The zero-order chi connectivity index (χ0) is 23.5. The highest BCUT2D eigenvalue weighted by Crippen LogP contribution is 2.33. The molecular formula is C22H27N4O5PS. The zero-order valence-corrected chi connectivity index (χ0v) is 20.3. The fraction of sp³-hybridized carbons (Fsp3) is 0.455. The molecule has 3 aromatic heterocycles. The van der Waals surface area contributed by atoms with E-state index < -0.39 is 13.9 Å². The number of carbonyl (C=O) groups excluding carboxylic acids is 1. The first-order valence-corrected chi connectivity index (χ1v) is 13.1. The van der Waals surface area contributed by atoms with Gasteiger partial charge < -0.3 is 19.4 Å². The molecule has 2 N–H and O–H groups in total. The molecule has 0 unspecified atom stereocenters. The van der Waals surface area contributed by atoms with Gasteiger partial charge in [-0.05, 0) is 44.2 Å². The van der Waals surface area contributed by atoms with Crippen LogP contribution in [0.3, 0.4) is 0 Å². The highest BCUT2D eigenvalue weighted by molar-refractivity contribution is 7.45. The Hall–Kier alpha value is -2.39. The number of anilines is 1. The maximum Gasteiger partial charge on any atom is 0.285 e. The molecular weight excluding hydrogens is 463 g/mol. The van der Waals surface area contributed by atoms with Gasteiger partial charge >= 0.3 is 0 Å². The number of pyridine rings is 1. The summed E-state index contributed by atoms with van der Waals surface area (Å²) < 4.78 is 6.28. The predicted molar refractivity (Wildman–Crippen MR) is 130 cm³/mol. The smallest absolute Gasteiger partial charge is 0.285 e. The molecule has 1 fully saturated rings. The molecule has 0 amide bonds. The molecule has 0 spiro atoms. The van der Waals surface area contributed by atoms with E-state index in [4.69, 9.17) is 4.74 Å². The summed E-state index contributed by atoms with van der Waals surface area (Å²) in [5, 5.41) is 5.07. The van der Waals surface area contributed by atoms with Crippen molar-refractivity contribution in [3.8, 4) is 5.88 Å². The average Bonchev–Trinajstić information content (AvgIpc) is 3.21. The number of hydrogen-bond acceptors (Lipinski definition) is 9. The number of piperidine rings is 1. The van der Waals surface area contributed by atoms with Crippen LogP contribution in [0.1, 0.15) is 33.8 Å². The molecule has 1 saturated heterocycles. The molecule has 4 rings (SSSR count). The van der Waals surface area contributed by atoms with E-state index >= 15 is 0 Å². The van der Waals surface area contributed by atoms with Gasteiger partial charge in [0, 0.05) is 40.5 Å². The summed E-state index contributed by atoms with van der Waals surface area (Å²) in [6.07, 6.45) is 4.53. The van der Waals surface area contributed by atoms with Crippen LogP contribution in [0.25, 0.3) is 10.8 Å². The minimum atomic E-state index is -1.87. The maximum absolute atomic E-state index is 13.4. The van der Waals surface area contributed by atoms with E-state index in [1.54, 1.807) is 6.07 Å². The molecule has 0 bridgehead atoms. The first kappa shape index (κ1) is 23.8. The second-order valence-corrected chi connectivity index (χ2v) is 10.8. The van der Waals surface area contributed by atoms with Crippen molar-refractivity contribution in [3.05, 3.63) is 44.5 Å². The zero-order valence-electron chi connectivity index (χ0n) is 18.6. The second-order valence-electron chi connectivity index (χ2n) is 8.21. The molecule has 9 nitrogen and oxygen atoms in total. The lowest BCUT2D eigenvalue weighted by atomic mass is 9.94. The standard InChI is InChI=1S/C22H27N4O5PS/c1-14-3-4-17(33-14)12-19(27)26-22(28)20-16(13-23-26)11-18(31-2)24-21(20)25-8-5-15(6-9-25)7-10-32(29)30/h3-4,11,13,15,29-30H,5-10,12H2,1-2H3. The Morgan fingerprint density at radius 1 is 1.30 bits per heavy atom. The van der Waals surface area contributed by atoms with Gasteiger partial charge in [0.2, 0.25) is 5.88 Å². The van der Waals surface area contributed by atoms with Crippen LogP contribution in [0.5, 0.6) is 5.88 Å². The number of aromatic nitrogens is 3. The van der Waals surface area contributed by atoms with Crippen LogP contribution >= 0.6 is 19.7 Å². The van der Waals surface area contributed by atoms with Crippen molar-refractivity contribution in [2.24, 2.45) is 5.92 Å². The molecule has 0 radical (unpaired) electrons. The number of methoxy groups -OCH3 is 1. The molecule has 11 heteroatoms. The number of fused-ring (bicyclic) bond motifs is 1. The lowest BCUT2D eigenvalue weighted by molar-refractivity contribution is 0.0893. The van der Waals surface area contributed by atoms with E-state index in [0.29, 0.717) is 47.6 Å². The Kier molecular flexibility index (Phi) is 7.38. The largest absolute Gasteiger partial charge is 0.481 e. The van der Waals surface area contributed by atoms with Gasteiger partial charge in [-0.15, -0.1) is 11.3 Å². The van der Waals surface area contributed by atoms with Crippen LogP contribution in [0, 0.1) is 12.8 Å². The van der Waals surface area contributed by atoms with E-state index in [1.807, 2.05) is 24.0 Å². The lowest BCUT2D eigenvalue weighted by Gasteiger charge is -2.33. The Morgan fingerprint density at radius 2 is 2.06 bits per heavy atom. The molecule has 1 aliphatic rings. The summed E-state index contributed by atoms with van der Waals surface area (Å²) in [5.41, 5.74) is -0.482. The third-order valence-electron chi connectivity index (χ3n) is 5.94. The van der Waals surface area contributed by atoms with Crippen molar-refractivity contribution < 1.29 is 19.3 Å². The molecule has 4 heterocycles. The summed E-state index contributed by atoms with van der Waals surface area (Å²) in [6.45, 7) is 3.33. The van der Waals surface area contributed by atoms with E-state index in [0.717, 1.165) is 33.7 Å². The monoisotopic (exact) mass is 490 g/mol. The van der Waals surface area contributed by atoms with E-state index in [2.05, 4.69) is 10.1 Å². The van der Waals surface area contributed by atoms with Crippen LogP contribution < -0.4 is 15.2 Å². The average molecular weight is 491 g/mol. The van der Waals surface area contributed by atoms with Gasteiger partial charge in [-0.25, -0.2) is 0 Å². The molecule has 1 aliphatic heterocycles. The molecule has 0 aromatic carbocycles. The van der Waals surface area contributed by atoms with Gasteiger partial charge in [0.25, 0.3) is 11.5 Å². The predicted octanol–water partition coefficient (Wildman–Crippen LogP) is 2.96. The molecule has 0 saturated carbocycles. The van der Waals surface area contributed by atoms with Crippen molar-refractivity contribution in [1.82, 2.24) is 14.8 Å². The number of thiophene rings is 1. The van der Waals surface area contributed by atoms with Crippen molar-refractivity contribution in [2.45, 2.75) is 32.6 Å². The van der Waals surface area contributed by atoms with Crippen molar-refractivity contribution >= 4 is 42.2 Å². The van der Waals surface area contributed by atoms with Gasteiger partial charge in [0.15, 0.2) is 8.38 Å². The third kappa shape index (κ3) is 5.41. The highest BCUT2D eigenvalue weighted by Gasteiger charge is 2.25. The van der Waals surface area contributed by atoms with Crippen LogP contribution in [0.4, 0.5) is 5.82 Å². The maximum atomic E-state index is 13.4. The second kappa shape index (κ2) is 10.3. The third-order valence-corrected chi connectivity index (χ3v) is 7.60. The van der Waals surface area contributed by atoms with Crippen LogP contribution in [0.2, 0.25) is 0 Å². The molecule has 33 heavy (non-hydrogen) atoms. The summed E-state index contributed by atoms with van der Waals surface area (Å²) in [7, 11) is -0.346. The number of carbonyl (C=O) groups is 1. The summed E-state index contributed by atoms with van der Waals surface area (Å²) in [6, 6.07) is 5.50. The van der Waals surface area contributed by atoms with Gasteiger partial charge in [0.1, 0.15) is 5.82 Å². The Balaban J connectivity index is 1.65. The van der Waals surface area contributed by atoms with Crippen molar-refractivity contribution in [3.63, 3.8) is 0 Å². The number of rotatable bonds is 7. The Morgan fingerprint density at radius 3 is 2.70 bits per heavy atom.